The minimum atomic E-state index is -1.04. The molecular weight excluding hydrogens is 462 g/mol. The van der Waals surface area contributed by atoms with Gasteiger partial charge in [0.05, 0.1) is 0 Å². The highest BCUT2D eigenvalue weighted by Crippen LogP contribution is 2.28. The smallest absolute Gasteiger partial charge is 0.408 e. The number of alkyl carbamates (subject to hydrolysis) is 1. The van der Waals surface area contributed by atoms with Gasteiger partial charge in [-0.05, 0) is 83.1 Å². The molecule has 2 N–H and O–H groups in total. The Hall–Kier alpha value is -2.66. The van der Waals surface area contributed by atoms with Crippen LogP contribution in [0.3, 0.4) is 0 Å². The van der Waals surface area contributed by atoms with Crippen molar-refractivity contribution in [2.75, 3.05) is 12.0 Å². The summed E-state index contributed by atoms with van der Waals surface area (Å²) in [5.41, 5.74) is 1.66. The lowest BCUT2D eigenvalue weighted by molar-refractivity contribution is -0.139. The van der Waals surface area contributed by atoms with E-state index in [1.807, 2.05) is 52.1 Å². The van der Waals surface area contributed by atoms with Crippen molar-refractivity contribution in [2.24, 2.45) is 0 Å². The van der Waals surface area contributed by atoms with E-state index >= 15 is 0 Å². The van der Waals surface area contributed by atoms with E-state index in [4.69, 9.17) is 11.2 Å². The lowest BCUT2D eigenvalue weighted by atomic mass is 9.93. The lowest BCUT2D eigenvalue weighted by Crippen LogP contribution is -2.52. The molecule has 3 atom stereocenters. The molecule has 0 saturated heterocycles. The van der Waals surface area contributed by atoms with Gasteiger partial charge in [0, 0.05) is 12.1 Å². The lowest BCUT2D eigenvalue weighted by Gasteiger charge is -2.32. The van der Waals surface area contributed by atoms with Crippen LogP contribution in [0, 0.1) is 26.3 Å². The van der Waals surface area contributed by atoms with Crippen LogP contribution in [0.4, 0.5) is 4.79 Å². The summed E-state index contributed by atoms with van der Waals surface area (Å²) in [7, 11) is 0. The number of rotatable bonds is 11. The van der Waals surface area contributed by atoms with Crippen molar-refractivity contribution in [2.45, 2.75) is 91.5 Å². The van der Waals surface area contributed by atoms with Crippen LogP contribution >= 0.6 is 11.8 Å². The Kier molecular flexibility index (Phi) is 12.2. The molecule has 0 aliphatic rings. The number of carbonyl (C=O) groups excluding carboxylic acids is 3. The Bertz CT molecular complexity index is 900. The van der Waals surface area contributed by atoms with Crippen LogP contribution in [-0.2, 0) is 14.3 Å². The molecule has 1 aromatic carbocycles. The maximum absolute atomic E-state index is 13.8. The average Bonchev–Trinajstić information content (AvgIpc) is 2.74. The predicted molar refractivity (Wildman–Crippen MR) is 143 cm³/mol. The van der Waals surface area contributed by atoms with Gasteiger partial charge < -0.3 is 15.4 Å². The van der Waals surface area contributed by atoms with Crippen LogP contribution in [-0.4, -0.2) is 52.5 Å². The molecule has 0 radical (unpaired) electrons. The Labute approximate surface area is 215 Å². The van der Waals surface area contributed by atoms with Crippen molar-refractivity contribution in [3.8, 4) is 12.5 Å². The largest absolute Gasteiger partial charge is 0.444 e. The molecule has 0 aliphatic carbocycles. The number of amides is 3. The SMILES string of the molecule is C#CN(C(=O)C(CCSC)NC(=O)OC(C)(C)C)C(C(=O)NC(C)CCC)c1c(C)cccc1C. The zero-order valence-electron chi connectivity index (χ0n) is 22.4. The number of nitrogens with one attached hydrogen (secondary N) is 2. The fraction of sp³-hybridized carbons (Fsp3) is 0.593. The molecule has 1 rings (SSSR count). The van der Waals surface area contributed by atoms with Crippen molar-refractivity contribution in [1.82, 2.24) is 15.5 Å². The molecule has 35 heavy (non-hydrogen) atoms. The Morgan fingerprint density at radius 3 is 2.23 bits per heavy atom. The summed E-state index contributed by atoms with van der Waals surface area (Å²) in [6.45, 7) is 13.0. The molecule has 0 saturated carbocycles. The molecule has 0 spiro atoms. The highest BCUT2D eigenvalue weighted by Gasteiger charge is 2.37. The first-order valence-electron chi connectivity index (χ1n) is 12.0. The Morgan fingerprint density at radius 2 is 1.74 bits per heavy atom. The summed E-state index contributed by atoms with van der Waals surface area (Å²) in [5, 5.41) is 5.68. The van der Waals surface area contributed by atoms with E-state index < -0.39 is 29.7 Å². The molecule has 194 valence electrons. The Balaban J connectivity index is 3.45. The average molecular weight is 504 g/mol. The molecular formula is C27H41N3O4S. The van der Waals surface area contributed by atoms with Crippen LogP contribution in [0.15, 0.2) is 18.2 Å². The standard InChI is InChI=1S/C27H41N3O4S/c1-10-13-20(5)28-24(31)23(22-18(3)14-12-15-19(22)4)30(11-2)25(32)21(16-17-35-9)29-26(33)34-27(6,7)8/h2,12,14-15,20-21,23H,10,13,16-17H2,1,3-9H3,(H,28,31)(H,29,33). The second-order valence-electron chi connectivity index (χ2n) is 9.72. The number of aryl methyl sites for hydroxylation is 2. The third-order valence-electron chi connectivity index (χ3n) is 5.41. The molecule has 1 aromatic rings. The van der Waals surface area contributed by atoms with Crippen molar-refractivity contribution < 1.29 is 19.1 Å². The van der Waals surface area contributed by atoms with Crippen molar-refractivity contribution in [1.29, 1.82) is 0 Å². The molecule has 0 heterocycles. The summed E-state index contributed by atoms with van der Waals surface area (Å²) in [6, 6.07) is 6.06. The number of nitrogens with zero attached hydrogens (tertiary/aromatic N) is 1. The monoisotopic (exact) mass is 503 g/mol. The minimum absolute atomic E-state index is 0.0822. The van der Waals surface area contributed by atoms with E-state index in [-0.39, 0.29) is 11.9 Å². The van der Waals surface area contributed by atoms with E-state index in [1.165, 1.54) is 0 Å². The zero-order chi connectivity index (χ0) is 26.8. The quantitative estimate of drug-likeness (QED) is 0.337. The first-order chi connectivity index (χ1) is 16.4. The molecule has 0 aliphatic heterocycles. The maximum Gasteiger partial charge on any atom is 0.408 e. The van der Waals surface area contributed by atoms with Gasteiger partial charge in [-0.15, -0.1) is 0 Å². The zero-order valence-corrected chi connectivity index (χ0v) is 23.2. The van der Waals surface area contributed by atoms with Gasteiger partial charge in [-0.1, -0.05) is 38.0 Å². The number of carbonyl (C=O) groups is 3. The summed E-state index contributed by atoms with van der Waals surface area (Å²) in [4.78, 5) is 40.9. The second kappa shape index (κ2) is 14.0. The summed E-state index contributed by atoms with van der Waals surface area (Å²) < 4.78 is 5.36. The van der Waals surface area contributed by atoms with Crippen LogP contribution in [0.5, 0.6) is 0 Å². The summed E-state index contributed by atoms with van der Waals surface area (Å²) in [6.07, 6.45) is 9.11. The highest BCUT2D eigenvalue weighted by atomic mass is 32.2. The van der Waals surface area contributed by atoms with Crippen LogP contribution in [0.25, 0.3) is 0 Å². The summed E-state index contributed by atoms with van der Waals surface area (Å²) >= 11 is 1.54. The van der Waals surface area contributed by atoms with Gasteiger partial charge in [-0.25, -0.2) is 4.79 Å². The molecule has 0 aromatic heterocycles. The van der Waals surface area contributed by atoms with Crippen LogP contribution in [0.1, 0.15) is 76.6 Å². The normalized spacial score (nSPS) is 13.7. The van der Waals surface area contributed by atoms with Gasteiger partial charge in [-0.3, -0.25) is 14.5 Å². The van der Waals surface area contributed by atoms with E-state index in [0.29, 0.717) is 17.7 Å². The number of hydrogen-bond donors (Lipinski definition) is 2. The Morgan fingerprint density at radius 1 is 1.14 bits per heavy atom. The third kappa shape index (κ3) is 9.48. The van der Waals surface area contributed by atoms with Crippen molar-refractivity contribution >= 4 is 29.7 Å². The highest BCUT2D eigenvalue weighted by molar-refractivity contribution is 7.98. The predicted octanol–water partition coefficient (Wildman–Crippen LogP) is 4.72. The number of thioether (sulfide) groups is 1. The van der Waals surface area contributed by atoms with Gasteiger partial charge in [0.1, 0.15) is 17.7 Å². The third-order valence-corrected chi connectivity index (χ3v) is 6.05. The molecule has 8 heteroatoms. The molecule has 3 unspecified atom stereocenters. The van der Waals surface area contributed by atoms with Gasteiger partial charge >= 0.3 is 6.09 Å². The first-order valence-corrected chi connectivity index (χ1v) is 13.4. The first kappa shape index (κ1) is 30.4. The molecule has 3 amide bonds. The van der Waals surface area contributed by atoms with Crippen molar-refractivity contribution in [3.05, 3.63) is 34.9 Å². The number of ether oxygens (including phenoxy) is 1. The van der Waals surface area contributed by atoms with E-state index in [2.05, 4.69) is 16.7 Å². The van der Waals surface area contributed by atoms with Crippen LogP contribution in [0.2, 0.25) is 0 Å². The van der Waals surface area contributed by atoms with E-state index in [0.717, 1.165) is 28.9 Å². The van der Waals surface area contributed by atoms with Gasteiger partial charge in [0.25, 0.3) is 5.91 Å². The van der Waals surface area contributed by atoms with E-state index in [1.54, 1.807) is 32.5 Å². The topological polar surface area (TPSA) is 87.7 Å². The number of hydrogen-bond acceptors (Lipinski definition) is 5. The molecule has 0 bridgehead atoms. The van der Waals surface area contributed by atoms with Gasteiger partial charge in [0.2, 0.25) is 5.91 Å². The number of terminal acetylenes is 1. The van der Waals surface area contributed by atoms with Gasteiger partial charge in [0.15, 0.2) is 0 Å². The second-order valence-corrected chi connectivity index (χ2v) is 10.7. The fourth-order valence-electron chi connectivity index (χ4n) is 3.84. The van der Waals surface area contributed by atoms with E-state index in [9.17, 15) is 14.4 Å². The minimum Gasteiger partial charge on any atom is -0.444 e. The van der Waals surface area contributed by atoms with Crippen LogP contribution < -0.4 is 10.6 Å². The van der Waals surface area contributed by atoms with Crippen molar-refractivity contribution in [3.63, 3.8) is 0 Å². The maximum atomic E-state index is 13.8. The number of benzene rings is 1. The molecule has 0 fully saturated rings. The molecule has 7 nitrogen and oxygen atoms in total. The fourth-order valence-corrected chi connectivity index (χ4v) is 4.31. The van der Waals surface area contributed by atoms with Gasteiger partial charge in [-0.2, -0.15) is 11.8 Å². The summed E-state index contributed by atoms with van der Waals surface area (Å²) in [5.74, 6) is -0.271.